The van der Waals surface area contributed by atoms with E-state index in [1.54, 1.807) is 0 Å². The molecule has 2 nitrogen and oxygen atoms in total. The molecule has 2 aliphatic rings. The Labute approximate surface area is 107 Å². The zero-order valence-electron chi connectivity index (χ0n) is 11.9. The molecular formula is C15H30N2. The molecule has 0 spiro atoms. The number of rotatable bonds is 4. The highest BCUT2D eigenvalue weighted by molar-refractivity contribution is 4.86. The molecule has 1 saturated heterocycles. The number of hydrogen-bond donors (Lipinski definition) is 1. The van der Waals surface area contributed by atoms with Crippen molar-refractivity contribution in [2.75, 3.05) is 19.6 Å². The van der Waals surface area contributed by atoms with Crippen LogP contribution >= 0.6 is 0 Å². The van der Waals surface area contributed by atoms with Crippen molar-refractivity contribution >= 4 is 0 Å². The predicted octanol–water partition coefficient (Wildman–Crippen LogP) is 2.89. The highest BCUT2D eigenvalue weighted by Crippen LogP contribution is 2.27. The average molecular weight is 238 g/mol. The van der Waals surface area contributed by atoms with Crippen molar-refractivity contribution in [3.63, 3.8) is 0 Å². The summed E-state index contributed by atoms with van der Waals surface area (Å²) in [4.78, 5) is 2.62. The number of hydrogen-bond acceptors (Lipinski definition) is 2. The van der Waals surface area contributed by atoms with Gasteiger partial charge in [-0.2, -0.15) is 0 Å². The first-order valence-corrected chi connectivity index (χ1v) is 7.69. The van der Waals surface area contributed by atoms with Gasteiger partial charge in [0.05, 0.1) is 0 Å². The maximum atomic E-state index is 3.92. The van der Waals surface area contributed by atoms with Gasteiger partial charge in [-0.1, -0.05) is 20.3 Å². The van der Waals surface area contributed by atoms with Crippen molar-refractivity contribution in [2.24, 2.45) is 11.8 Å². The maximum absolute atomic E-state index is 3.92. The minimum atomic E-state index is 0.704. The Kier molecular flexibility index (Phi) is 4.87. The van der Waals surface area contributed by atoms with Crippen LogP contribution in [0.4, 0.5) is 0 Å². The highest BCUT2D eigenvalue weighted by Gasteiger charge is 2.29. The molecule has 0 radical (unpaired) electrons. The van der Waals surface area contributed by atoms with Gasteiger partial charge in [-0.25, -0.2) is 0 Å². The summed E-state index contributed by atoms with van der Waals surface area (Å²) >= 11 is 0. The molecule has 17 heavy (non-hydrogen) atoms. The SMILES string of the molecule is CCN1CCCC(C(C)NC2CCCC2C)C1. The summed E-state index contributed by atoms with van der Waals surface area (Å²) in [5.74, 6) is 1.76. The van der Waals surface area contributed by atoms with E-state index < -0.39 is 0 Å². The Hall–Kier alpha value is -0.0800. The van der Waals surface area contributed by atoms with Crippen LogP contribution in [-0.2, 0) is 0 Å². The normalized spacial score (nSPS) is 37.2. The fourth-order valence-corrected chi connectivity index (χ4v) is 3.65. The van der Waals surface area contributed by atoms with E-state index in [9.17, 15) is 0 Å². The number of piperidine rings is 1. The van der Waals surface area contributed by atoms with E-state index in [4.69, 9.17) is 0 Å². The van der Waals surface area contributed by atoms with Gasteiger partial charge in [0.2, 0.25) is 0 Å². The van der Waals surface area contributed by atoms with Gasteiger partial charge >= 0.3 is 0 Å². The predicted molar refractivity (Wildman–Crippen MR) is 74.2 cm³/mol. The molecule has 0 aromatic rings. The first-order valence-electron chi connectivity index (χ1n) is 7.69. The van der Waals surface area contributed by atoms with Gasteiger partial charge in [-0.3, -0.25) is 0 Å². The van der Waals surface area contributed by atoms with Gasteiger partial charge in [-0.05, 0) is 57.5 Å². The van der Waals surface area contributed by atoms with Crippen molar-refractivity contribution in [3.8, 4) is 0 Å². The second-order valence-electron chi connectivity index (χ2n) is 6.27. The van der Waals surface area contributed by atoms with Crippen molar-refractivity contribution in [3.05, 3.63) is 0 Å². The smallest absolute Gasteiger partial charge is 0.00952 e. The zero-order chi connectivity index (χ0) is 12.3. The molecule has 2 heteroatoms. The molecule has 4 unspecified atom stereocenters. The first-order chi connectivity index (χ1) is 8.20. The molecule has 0 aromatic heterocycles. The van der Waals surface area contributed by atoms with Crippen LogP contribution in [0.15, 0.2) is 0 Å². The summed E-state index contributed by atoms with van der Waals surface area (Å²) in [5.41, 5.74) is 0. The summed E-state index contributed by atoms with van der Waals surface area (Å²) in [7, 11) is 0. The van der Waals surface area contributed by atoms with Crippen LogP contribution in [0.2, 0.25) is 0 Å². The lowest BCUT2D eigenvalue weighted by Crippen LogP contribution is -2.48. The van der Waals surface area contributed by atoms with Crippen LogP contribution in [0.3, 0.4) is 0 Å². The fraction of sp³-hybridized carbons (Fsp3) is 1.00. The third-order valence-corrected chi connectivity index (χ3v) is 5.03. The third-order valence-electron chi connectivity index (χ3n) is 5.03. The lowest BCUT2D eigenvalue weighted by atomic mass is 9.90. The standard InChI is InChI=1S/C15H30N2/c1-4-17-10-6-8-14(11-17)13(3)16-15-9-5-7-12(15)2/h12-16H,4-11H2,1-3H3. The van der Waals surface area contributed by atoms with Crippen LogP contribution in [0, 0.1) is 11.8 Å². The highest BCUT2D eigenvalue weighted by atomic mass is 15.1. The van der Waals surface area contributed by atoms with E-state index in [0.29, 0.717) is 6.04 Å². The molecule has 0 amide bonds. The minimum absolute atomic E-state index is 0.704. The molecule has 4 atom stereocenters. The Morgan fingerprint density at radius 1 is 1.24 bits per heavy atom. The van der Waals surface area contributed by atoms with E-state index >= 15 is 0 Å². The Morgan fingerprint density at radius 3 is 2.71 bits per heavy atom. The Morgan fingerprint density at radius 2 is 2.06 bits per heavy atom. The lowest BCUT2D eigenvalue weighted by molar-refractivity contribution is 0.150. The summed E-state index contributed by atoms with van der Waals surface area (Å²) in [5, 5.41) is 3.92. The van der Waals surface area contributed by atoms with Crippen LogP contribution in [0.5, 0.6) is 0 Å². The second-order valence-corrected chi connectivity index (χ2v) is 6.27. The van der Waals surface area contributed by atoms with E-state index in [1.165, 1.54) is 51.7 Å². The van der Waals surface area contributed by atoms with E-state index in [-0.39, 0.29) is 0 Å². The lowest BCUT2D eigenvalue weighted by Gasteiger charge is -2.37. The molecule has 1 heterocycles. The zero-order valence-corrected chi connectivity index (χ0v) is 11.9. The largest absolute Gasteiger partial charge is 0.311 e. The molecule has 0 bridgehead atoms. The molecule has 2 rings (SSSR count). The van der Waals surface area contributed by atoms with Crippen LogP contribution in [-0.4, -0.2) is 36.6 Å². The van der Waals surface area contributed by atoms with E-state index in [1.807, 2.05) is 0 Å². The molecule has 1 saturated carbocycles. The quantitative estimate of drug-likeness (QED) is 0.810. The number of nitrogens with zero attached hydrogens (tertiary/aromatic N) is 1. The second kappa shape index (κ2) is 6.19. The third kappa shape index (κ3) is 3.45. The topological polar surface area (TPSA) is 15.3 Å². The van der Waals surface area contributed by atoms with E-state index in [0.717, 1.165) is 17.9 Å². The first kappa shape index (κ1) is 13.4. The van der Waals surface area contributed by atoms with Crippen molar-refractivity contribution < 1.29 is 0 Å². The van der Waals surface area contributed by atoms with Gasteiger partial charge in [0.1, 0.15) is 0 Å². The summed E-state index contributed by atoms with van der Waals surface area (Å²) < 4.78 is 0. The summed E-state index contributed by atoms with van der Waals surface area (Å²) in [6, 6.07) is 1.50. The van der Waals surface area contributed by atoms with Crippen molar-refractivity contribution in [1.82, 2.24) is 10.2 Å². The average Bonchev–Trinajstić information content (AvgIpc) is 2.75. The maximum Gasteiger partial charge on any atom is 0.00952 e. The van der Waals surface area contributed by atoms with E-state index in [2.05, 4.69) is 31.0 Å². The van der Waals surface area contributed by atoms with Crippen LogP contribution in [0.25, 0.3) is 0 Å². The van der Waals surface area contributed by atoms with Gasteiger partial charge in [-0.15, -0.1) is 0 Å². The number of nitrogens with one attached hydrogen (secondary N) is 1. The minimum Gasteiger partial charge on any atom is -0.311 e. The summed E-state index contributed by atoms with van der Waals surface area (Å²) in [6.07, 6.45) is 7.07. The van der Waals surface area contributed by atoms with Crippen molar-refractivity contribution in [1.29, 1.82) is 0 Å². The van der Waals surface area contributed by atoms with Gasteiger partial charge in [0.25, 0.3) is 0 Å². The summed E-state index contributed by atoms with van der Waals surface area (Å²) in [6.45, 7) is 11.0. The molecule has 1 N–H and O–H groups in total. The molecular weight excluding hydrogens is 208 g/mol. The monoisotopic (exact) mass is 238 g/mol. The molecule has 100 valence electrons. The Bertz CT molecular complexity index is 229. The van der Waals surface area contributed by atoms with Gasteiger partial charge in [0.15, 0.2) is 0 Å². The Balaban J connectivity index is 1.80. The fourth-order valence-electron chi connectivity index (χ4n) is 3.65. The van der Waals surface area contributed by atoms with Crippen LogP contribution < -0.4 is 5.32 Å². The van der Waals surface area contributed by atoms with Crippen molar-refractivity contribution in [2.45, 2.75) is 65.0 Å². The molecule has 0 aromatic carbocycles. The van der Waals surface area contributed by atoms with Crippen LogP contribution in [0.1, 0.15) is 52.9 Å². The van der Waals surface area contributed by atoms with Gasteiger partial charge < -0.3 is 10.2 Å². The number of likely N-dealkylation sites (tertiary alicyclic amines) is 1. The molecule has 2 fully saturated rings. The molecule has 1 aliphatic heterocycles. The van der Waals surface area contributed by atoms with Gasteiger partial charge in [0, 0.05) is 18.6 Å². The molecule has 1 aliphatic carbocycles.